The molecule has 0 heterocycles. The molecule has 0 spiro atoms. The summed E-state index contributed by atoms with van der Waals surface area (Å²) in [4.78, 5) is 24.7. The molecule has 5 heteroatoms. The third-order valence-corrected chi connectivity index (χ3v) is 6.04. The minimum Gasteiger partial charge on any atom is -0.497 e. The topological polar surface area (TPSA) is 72.8 Å². The van der Waals surface area contributed by atoms with Gasteiger partial charge in [-0.2, -0.15) is 0 Å². The number of Topliss-reactive ketones (excluding diaryl/α,β-unsaturated/α-hetero) is 1. The van der Waals surface area contributed by atoms with E-state index in [1.807, 2.05) is 39.8 Å². The lowest BCUT2D eigenvalue weighted by molar-refractivity contribution is -0.123. The second-order valence-corrected chi connectivity index (χ2v) is 10.1. The molecule has 0 fully saturated rings. The largest absolute Gasteiger partial charge is 0.497 e. The van der Waals surface area contributed by atoms with Crippen molar-refractivity contribution in [1.82, 2.24) is 0 Å². The van der Waals surface area contributed by atoms with Crippen molar-refractivity contribution in [2.75, 3.05) is 14.2 Å². The highest BCUT2D eigenvalue weighted by molar-refractivity contribution is 5.91. The minimum atomic E-state index is -0.805. The summed E-state index contributed by atoms with van der Waals surface area (Å²) in [5.41, 5.74) is 3.30. The van der Waals surface area contributed by atoms with Gasteiger partial charge in [-0.3, -0.25) is 9.59 Å². The molecule has 5 nitrogen and oxygen atoms in total. The molecule has 1 rings (SSSR count). The first-order chi connectivity index (χ1) is 15.9. The molecule has 1 unspecified atom stereocenters. The molecule has 190 valence electrons. The standard InChI is InChI=1S/C29H44O5/c1-20(10-9-11-22(3)27(31)14-15-29(5,6)32)16-25(30)17-21(2)12-13-24-19-26(33-7)18-23(4)28(24)34-8/h12,16,18-19,22,32H,9-11,13-15,17H2,1-8H3/b20-16+,21-12+. The molecule has 34 heavy (non-hydrogen) atoms. The Morgan fingerprint density at radius 1 is 1.09 bits per heavy atom. The first-order valence-electron chi connectivity index (χ1n) is 12.2. The average molecular weight is 473 g/mol. The molecule has 1 N–H and O–H groups in total. The van der Waals surface area contributed by atoms with Crippen molar-refractivity contribution in [3.8, 4) is 11.5 Å². The van der Waals surface area contributed by atoms with E-state index in [1.165, 1.54) is 0 Å². The Balaban J connectivity index is 2.55. The van der Waals surface area contributed by atoms with Crippen LogP contribution >= 0.6 is 0 Å². The van der Waals surface area contributed by atoms with Crippen molar-refractivity contribution < 1.29 is 24.2 Å². The second-order valence-electron chi connectivity index (χ2n) is 10.1. The molecular weight excluding hydrogens is 428 g/mol. The highest BCUT2D eigenvalue weighted by Crippen LogP contribution is 2.29. The number of ether oxygens (including phenoxy) is 2. The van der Waals surface area contributed by atoms with Gasteiger partial charge >= 0.3 is 0 Å². The fraction of sp³-hybridized carbons (Fsp3) is 0.586. The zero-order valence-electron chi connectivity index (χ0n) is 22.4. The summed E-state index contributed by atoms with van der Waals surface area (Å²) in [6, 6.07) is 3.92. The number of carbonyl (C=O) groups is 2. The van der Waals surface area contributed by atoms with Crippen LogP contribution in [-0.4, -0.2) is 36.5 Å². The molecule has 0 amide bonds. The number of aliphatic hydroxyl groups is 1. The number of allylic oxidation sites excluding steroid dienone is 4. The van der Waals surface area contributed by atoms with Gasteiger partial charge in [-0.15, -0.1) is 0 Å². The quantitative estimate of drug-likeness (QED) is 0.238. The zero-order chi connectivity index (χ0) is 25.9. The van der Waals surface area contributed by atoms with E-state index in [-0.39, 0.29) is 17.5 Å². The van der Waals surface area contributed by atoms with Gasteiger partial charge in [0.2, 0.25) is 0 Å². The first kappa shape index (κ1) is 29.6. The van der Waals surface area contributed by atoms with Gasteiger partial charge in [0.1, 0.15) is 17.3 Å². The Morgan fingerprint density at radius 3 is 2.35 bits per heavy atom. The number of hydrogen-bond acceptors (Lipinski definition) is 5. The highest BCUT2D eigenvalue weighted by atomic mass is 16.5. The molecule has 1 aromatic carbocycles. The second kappa shape index (κ2) is 14.1. The summed E-state index contributed by atoms with van der Waals surface area (Å²) in [7, 11) is 3.31. The smallest absolute Gasteiger partial charge is 0.159 e. The normalized spacial score (nSPS) is 13.6. The molecule has 1 atom stereocenters. The van der Waals surface area contributed by atoms with Crippen LogP contribution in [0.3, 0.4) is 0 Å². The summed E-state index contributed by atoms with van der Waals surface area (Å²) >= 11 is 0. The Bertz CT molecular complexity index is 887. The Morgan fingerprint density at radius 2 is 1.76 bits per heavy atom. The van der Waals surface area contributed by atoms with Crippen LogP contribution in [0.25, 0.3) is 0 Å². The maximum absolute atomic E-state index is 12.5. The van der Waals surface area contributed by atoms with Gasteiger partial charge in [-0.1, -0.05) is 24.1 Å². The van der Waals surface area contributed by atoms with E-state index >= 15 is 0 Å². The van der Waals surface area contributed by atoms with Gasteiger partial charge in [0.05, 0.1) is 19.8 Å². The van der Waals surface area contributed by atoms with E-state index < -0.39 is 5.60 Å². The third-order valence-electron chi connectivity index (χ3n) is 6.04. The van der Waals surface area contributed by atoms with Crippen molar-refractivity contribution >= 4 is 11.6 Å². The van der Waals surface area contributed by atoms with Crippen LogP contribution < -0.4 is 9.47 Å². The van der Waals surface area contributed by atoms with Gasteiger partial charge in [0.15, 0.2) is 5.78 Å². The predicted octanol–water partition coefficient (Wildman–Crippen LogP) is 6.33. The van der Waals surface area contributed by atoms with E-state index in [0.717, 1.165) is 53.0 Å². The number of methoxy groups -OCH3 is 2. The number of benzene rings is 1. The van der Waals surface area contributed by atoms with Crippen LogP contribution in [0.2, 0.25) is 0 Å². The number of hydrogen-bond donors (Lipinski definition) is 1. The van der Waals surface area contributed by atoms with Crippen LogP contribution in [0.4, 0.5) is 0 Å². The summed E-state index contributed by atoms with van der Waals surface area (Å²) in [5.74, 6) is 1.91. The molecule has 1 aromatic rings. The van der Waals surface area contributed by atoms with Gasteiger partial charge in [0.25, 0.3) is 0 Å². The van der Waals surface area contributed by atoms with E-state index in [4.69, 9.17) is 9.47 Å². The molecule has 0 aliphatic heterocycles. The SMILES string of the molecule is COc1cc(C)c(OC)c(C/C=C(\C)CC(=O)/C=C(\C)CCCC(C)C(=O)CCC(C)(C)O)c1. The van der Waals surface area contributed by atoms with Gasteiger partial charge < -0.3 is 14.6 Å². The molecule has 0 bridgehead atoms. The Kier molecular flexibility index (Phi) is 12.3. The predicted molar refractivity (Wildman–Crippen MR) is 139 cm³/mol. The third kappa shape index (κ3) is 11.1. The van der Waals surface area contributed by atoms with Crippen molar-refractivity contribution in [2.45, 2.75) is 92.1 Å². The van der Waals surface area contributed by atoms with E-state index in [0.29, 0.717) is 25.7 Å². The van der Waals surface area contributed by atoms with Gasteiger partial charge in [0, 0.05) is 24.3 Å². The van der Waals surface area contributed by atoms with Gasteiger partial charge in [-0.25, -0.2) is 0 Å². The first-order valence-corrected chi connectivity index (χ1v) is 12.2. The van der Waals surface area contributed by atoms with Crippen LogP contribution in [0.1, 0.15) is 84.3 Å². The average Bonchev–Trinajstić information content (AvgIpc) is 2.74. The fourth-order valence-electron chi connectivity index (χ4n) is 3.93. The van der Waals surface area contributed by atoms with Crippen LogP contribution in [0, 0.1) is 12.8 Å². The summed E-state index contributed by atoms with van der Waals surface area (Å²) in [6.45, 7) is 11.3. The summed E-state index contributed by atoms with van der Waals surface area (Å²) in [6.07, 6.45) is 8.22. The number of aryl methyl sites for hydroxylation is 1. The van der Waals surface area contributed by atoms with Crippen LogP contribution in [0.15, 0.2) is 35.4 Å². The molecule has 0 radical (unpaired) electrons. The maximum Gasteiger partial charge on any atom is 0.159 e. The van der Waals surface area contributed by atoms with Gasteiger partial charge in [-0.05, 0) is 90.5 Å². The molecule has 0 saturated carbocycles. The molecule has 0 aliphatic carbocycles. The molecule has 0 aromatic heterocycles. The Hall–Kier alpha value is -2.40. The highest BCUT2D eigenvalue weighted by Gasteiger charge is 2.18. The molecular formula is C29H44O5. The van der Waals surface area contributed by atoms with Crippen molar-refractivity contribution in [3.05, 3.63) is 46.6 Å². The summed E-state index contributed by atoms with van der Waals surface area (Å²) < 4.78 is 10.9. The minimum absolute atomic E-state index is 0.0201. The maximum atomic E-state index is 12.5. The van der Waals surface area contributed by atoms with E-state index in [2.05, 4.69) is 6.08 Å². The lowest BCUT2D eigenvalue weighted by Gasteiger charge is -2.17. The van der Waals surface area contributed by atoms with Crippen molar-refractivity contribution in [3.63, 3.8) is 0 Å². The fourth-order valence-corrected chi connectivity index (χ4v) is 3.93. The zero-order valence-corrected chi connectivity index (χ0v) is 22.4. The number of rotatable bonds is 15. The lowest BCUT2D eigenvalue weighted by Crippen LogP contribution is -2.22. The Labute approximate surface area is 206 Å². The van der Waals surface area contributed by atoms with E-state index in [9.17, 15) is 14.7 Å². The van der Waals surface area contributed by atoms with Crippen molar-refractivity contribution in [2.24, 2.45) is 5.92 Å². The summed E-state index contributed by atoms with van der Waals surface area (Å²) in [5, 5.41) is 9.78. The van der Waals surface area contributed by atoms with Crippen LogP contribution in [-0.2, 0) is 16.0 Å². The monoisotopic (exact) mass is 472 g/mol. The van der Waals surface area contributed by atoms with Crippen molar-refractivity contribution in [1.29, 1.82) is 0 Å². The number of ketones is 2. The lowest BCUT2D eigenvalue weighted by atomic mass is 9.92. The van der Waals surface area contributed by atoms with E-state index in [1.54, 1.807) is 34.1 Å². The molecule has 0 aliphatic rings. The molecule has 0 saturated heterocycles. The number of carbonyl (C=O) groups excluding carboxylic acids is 2. The van der Waals surface area contributed by atoms with Crippen LogP contribution in [0.5, 0.6) is 11.5 Å².